The number of carbonyl (C=O) groups excluding carboxylic acids is 1. The summed E-state index contributed by atoms with van der Waals surface area (Å²) >= 11 is 0. The topological polar surface area (TPSA) is 65.0 Å². The first-order valence-corrected chi connectivity index (χ1v) is 5.12. The molecule has 90 valence electrons. The molecular formula is C10H20O5. The molecule has 5 nitrogen and oxygen atoms in total. The van der Waals surface area contributed by atoms with Gasteiger partial charge in [0.1, 0.15) is 0 Å². The minimum atomic E-state index is -0.503. The lowest BCUT2D eigenvalue weighted by Crippen LogP contribution is -2.20. The van der Waals surface area contributed by atoms with Crippen LogP contribution in [0.1, 0.15) is 46.5 Å². The molecule has 1 N–H and O–H groups in total. The summed E-state index contributed by atoms with van der Waals surface area (Å²) in [6.45, 7) is 5.49. The van der Waals surface area contributed by atoms with Crippen molar-refractivity contribution in [3.63, 3.8) is 0 Å². The molecule has 0 spiro atoms. The maximum Gasteiger partial charge on any atom is 0.345 e. The van der Waals surface area contributed by atoms with Gasteiger partial charge >= 0.3 is 5.97 Å². The van der Waals surface area contributed by atoms with Gasteiger partial charge in [0.05, 0.1) is 5.60 Å². The van der Waals surface area contributed by atoms with Gasteiger partial charge in [0.25, 0.3) is 0 Å². The summed E-state index contributed by atoms with van der Waals surface area (Å²) in [5, 5.41) is 12.8. The maximum atomic E-state index is 11.0. The summed E-state index contributed by atoms with van der Waals surface area (Å²) in [5.41, 5.74) is -0.503. The van der Waals surface area contributed by atoms with Gasteiger partial charge in [-0.15, -0.1) is 0 Å². The molecule has 0 atom stereocenters. The normalized spacial score (nSPS) is 11.5. The van der Waals surface area contributed by atoms with Crippen LogP contribution < -0.4 is 0 Å². The number of aliphatic hydroxyl groups excluding tert-OH is 1. The zero-order valence-corrected chi connectivity index (χ0v) is 9.62. The van der Waals surface area contributed by atoms with Gasteiger partial charge in [0.2, 0.25) is 0 Å². The monoisotopic (exact) mass is 220 g/mol. The second-order valence-electron chi connectivity index (χ2n) is 4.25. The van der Waals surface area contributed by atoms with Gasteiger partial charge in [-0.2, -0.15) is 4.89 Å². The fraction of sp³-hybridized carbons (Fsp3) is 0.900. The van der Waals surface area contributed by atoms with Crippen molar-refractivity contribution in [2.75, 3.05) is 6.61 Å². The third kappa shape index (κ3) is 11.3. The molecule has 0 fully saturated rings. The molecule has 0 aromatic heterocycles. The lowest BCUT2D eigenvalue weighted by Gasteiger charge is -2.15. The highest BCUT2D eigenvalue weighted by molar-refractivity contribution is 5.68. The predicted octanol–water partition coefficient (Wildman–Crippen LogP) is 1.74. The van der Waals surface area contributed by atoms with E-state index in [-0.39, 0.29) is 13.0 Å². The van der Waals surface area contributed by atoms with E-state index in [0.717, 1.165) is 6.42 Å². The standard InChI is InChI=1S/C10H20O5/c1-10(2,3)14-15-13-9(12)7-5-4-6-8-11/h11H,4-8H2,1-3H3. The van der Waals surface area contributed by atoms with Gasteiger partial charge in [-0.1, -0.05) is 6.42 Å². The van der Waals surface area contributed by atoms with Gasteiger partial charge in [-0.3, -0.25) is 4.89 Å². The SMILES string of the molecule is CC(C)(C)OOOC(=O)CCCCCO. The van der Waals surface area contributed by atoms with Crippen LogP contribution in [0.4, 0.5) is 0 Å². The summed E-state index contributed by atoms with van der Waals surface area (Å²) in [6, 6.07) is 0. The quantitative estimate of drug-likeness (QED) is 0.402. The maximum absolute atomic E-state index is 11.0. The number of aliphatic hydroxyl groups is 1. The molecule has 0 aliphatic heterocycles. The molecule has 0 aliphatic rings. The third-order valence-electron chi connectivity index (χ3n) is 1.45. The Morgan fingerprint density at radius 2 is 1.87 bits per heavy atom. The first-order chi connectivity index (χ1) is 6.95. The Bertz CT molecular complexity index is 173. The summed E-state index contributed by atoms with van der Waals surface area (Å²) in [5.74, 6) is -0.461. The van der Waals surface area contributed by atoms with E-state index < -0.39 is 11.6 Å². The van der Waals surface area contributed by atoms with E-state index >= 15 is 0 Å². The van der Waals surface area contributed by atoms with Gasteiger partial charge in [0, 0.05) is 13.0 Å². The molecule has 5 heteroatoms. The Labute approximate surface area is 90.2 Å². The minimum Gasteiger partial charge on any atom is -0.396 e. The third-order valence-corrected chi connectivity index (χ3v) is 1.45. The van der Waals surface area contributed by atoms with E-state index in [4.69, 9.17) is 9.99 Å². The molecule has 0 bridgehead atoms. The number of hydrogen-bond donors (Lipinski definition) is 1. The van der Waals surface area contributed by atoms with E-state index in [0.29, 0.717) is 12.8 Å². The fourth-order valence-electron chi connectivity index (χ4n) is 0.757. The summed E-state index contributed by atoms with van der Waals surface area (Å²) < 4.78 is 0. The molecule has 0 radical (unpaired) electrons. The molecule has 15 heavy (non-hydrogen) atoms. The van der Waals surface area contributed by atoms with Crippen LogP contribution in [-0.2, 0) is 19.6 Å². The molecular weight excluding hydrogens is 200 g/mol. The number of rotatable bonds is 7. The second-order valence-corrected chi connectivity index (χ2v) is 4.25. The van der Waals surface area contributed by atoms with Crippen molar-refractivity contribution in [1.82, 2.24) is 0 Å². The van der Waals surface area contributed by atoms with Gasteiger partial charge in [-0.05, 0) is 38.7 Å². The number of unbranched alkanes of at least 4 members (excludes halogenated alkanes) is 2. The second kappa shape index (κ2) is 7.62. The van der Waals surface area contributed by atoms with E-state index in [1.165, 1.54) is 0 Å². The first-order valence-electron chi connectivity index (χ1n) is 5.12. The summed E-state index contributed by atoms with van der Waals surface area (Å²) in [4.78, 5) is 20.1. The molecule has 0 unspecified atom stereocenters. The Morgan fingerprint density at radius 1 is 1.20 bits per heavy atom. The van der Waals surface area contributed by atoms with Crippen LogP contribution >= 0.6 is 0 Å². The molecule has 0 aliphatic carbocycles. The fourth-order valence-corrected chi connectivity index (χ4v) is 0.757. The van der Waals surface area contributed by atoms with E-state index in [1.807, 2.05) is 0 Å². The minimum absolute atomic E-state index is 0.151. The van der Waals surface area contributed by atoms with Crippen LogP contribution in [0.15, 0.2) is 0 Å². The van der Waals surface area contributed by atoms with Crippen molar-refractivity contribution >= 4 is 5.97 Å². The Balaban J connectivity index is 3.34. The molecule has 0 saturated carbocycles. The average Bonchev–Trinajstić information content (AvgIpc) is 2.10. The van der Waals surface area contributed by atoms with Crippen LogP contribution in [-0.4, -0.2) is 23.3 Å². The van der Waals surface area contributed by atoms with Crippen LogP contribution in [0.5, 0.6) is 0 Å². The van der Waals surface area contributed by atoms with Crippen molar-refractivity contribution in [3.05, 3.63) is 0 Å². The van der Waals surface area contributed by atoms with E-state index in [2.05, 4.69) is 9.93 Å². The molecule has 0 aromatic rings. The Kier molecular flexibility index (Phi) is 7.29. The van der Waals surface area contributed by atoms with Crippen LogP contribution in [0, 0.1) is 0 Å². The van der Waals surface area contributed by atoms with Crippen molar-refractivity contribution in [3.8, 4) is 0 Å². The lowest BCUT2D eigenvalue weighted by atomic mass is 10.2. The van der Waals surface area contributed by atoms with E-state index in [9.17, 15) is 4.79 Å². The predicted molar refractivity (Wildman–Crippen MR) is 53.6 cm³/mol. The molecule has 0 rings (SSSR count). The first kappa shape index (κ1) is 14.3. The Hall–Kier alpha value is -0.650. The van der Waals surface area contributed by atoms with Crippen LogP contribution in [0.2, 0.25) is 0 Å². The van der Waals surface area contributed by atoms with Gasteiger partial charge in [-0.25, -0.2) is 4.79 Å². The molecule has 0 amide bonds. The largest absolute Gasteiger partial charge is 0.396 e. The number of hydrogen-bond acceptors (Lipinski definition) is 5. The highest BCUT2D eigenvalue weighted by atomic mass is 17.5. The van der Waals surface area contributed by atoms with Gasteiger partial charge in [0.15, 0.2) is 0 Å². The summed E-state index contributed by atoms with van der Waals surface area (Å²) in [7, 11) is 0. The highest BCUT2D eigenvalue weighted by Gasteiger charge is 2.13. The molecule has 0 heterocycles. The Morgan fingerprint density at radius 3 is 2.40 bits per heavy atom. The van der Waals surface area contributed by atoms with Crippen LogP contribution in [0.3, 0.4) is 0 Å². The van der Waals surface area contributed by atoms with Crippen molar-refractivity contribution in [2.45, 2.75) is 52.1 Å². The van der Waals surface area contributed by atoms with Crippen molar-refractivity contribution < 1.29 is 24.7 Å². The van der Waals surface area contributed by atoms with Gasteiger partial charge < -0.3 is 5.11 Å². The van der Waals surface area contributed by atoms with E-state index in [1.54, 1.807) is 20.8 Å². The molecule has 0 saturated heterocycles. The zero-order chi connectivity index (χ0) is 11.7. The average molecular weight is 220 g/mol. The summed E-state index contributed by atoms with van der Waals surface area (Å²) in [6.07, 6.45) is 2.45. The lowest BCUT2D eigenvalue weighted by molar-refractivity contribution is -0.514. The van der Waals surface area contributed by atoms with Crippen molar-refractivity contribution in [1.29, 1.82) is 0 Å². The number of carbonyl (C=O) groups is 1. The zero-order valence-electron chi connectivity index (χ0n) is 9.62. The highest BCUT2D eigenvalue weighted by Crippen LogP contribution is 2.08. The smallest absolute Gasteiger partial charge is 0.345 e. The van der Waals surface area contributed by atoms with Crippen LogP contribution in [0.25, 0.3) is 0 Å². The van der Waals surface area contributed by atoms with Crippen molar-refractivity contribution in [2.24, 2.45) is 0 Å². The molecule has 0 aromatic carbocycles.